The molecule has 0 aromatic heterocycles. The first-order valence-electron chi connectivity index (χ1n) is 6.03. The van der Waals surface area contributed by atoms with Crippen LogP contribution in [0.25, 0.3) is 0 Å². The van der Waals surface area contributed by atoms with Crippen LogP contribution in [0.3, 0.4) is 0 Å². The smallest absolute Gasteiger partial charge is 0.411 e. The molecule has 1 aliphatic heterocycles. The Morgan fingerprint density at radius 2 is 2.00 bits per heavy atom. The summed E-state index contributed by atoms with van der Waals surface area (Å²) >= 11 is 0. The van der Waals surface area contributed by atoms with Gasteiger partial charge in [-0.25, -0.2) is 4.79 Å². The van der Waals surface area contributed by atoms with Crippen LogP contribution in [0.2, 0.25) is 0 Å². The average Bonchev–Trinajstić information content (AvgIpc) is 2.42. The Labute approximate surface area is 108 Å². The number of carbonyl (C=O) groups is 2. The molecule has 1 heterocycles. The van der Waals surface area contributed by atoms with Crippen LogP contribution < -0.4 is 0 Å². The highest BCUT2D eigenvalue weighted by atomic mass is 16.6. The first-order valence-corrected chi connectivity index (χ1v) is 6.03. The summed E-state index contributed by atoms with van der Waals surface area (Å²) in [6.07, 6.45) is 1.32. The standard InChI is InChI=1S/C13H22N2O3/c1-9-10(7-14(5)6)11(16)8-15(9)12(17)18-13(2,3)4/h7,9H,8H2,1-6H3/b10-7+. The van der Waals surface area contributed by atoms with Crippen LogP contribution in [0.15, 0.2) is 11.8 Å². The highest BCUT2D eigenvalue weighted by molar-refractivity contribution is 6.02. The fourth-order valence-corrected chi connectivity index (χ4v) is 1.79. The molecule has 18 heavy (non-hydrogen) atoms. The van der Waals surface area contributed by atoms with Gasteiger partial charge in [-0.2, -0.15) is 0 Å². The van der Waals surface area contributed by atoms with Crippen molar-refractivity contribution in [3.63, 3.8) is 0 Å². The zero-order valence-corrected chi connectivity index (χ0v) is 12.0. The predicted octanol–water partition coefficient (Wildman–Crippen LogP) is 1.64. The minimum Gasteiger partial charge on any atom is -0.444 e. The van der Waals surface area contributed by atoms with Crippen LogP contribution in [0.1, 0.15) is 27.7 Å². The van der Waals surface area contributed by atoms with Gasteiger partial charge in [0, 0.05) is 25.9 Å². The van der Waals surface area contributed by atoms with Crippen molar-refractivity contribution in [3.05, 3.63) is 11.8 Å². The number of rotatable bonds is 1. The number of ketones is 1. The van der Waals surface area contributed by atoms with Crippen molar-refractivity contribution in [2.45, 2.75) is 39.3 Å². The second kappa shape index (κ2) is 5.00. The quantitative estimate of drug-likeness (QED) is 0.667. The van der Waals surface area contributed by atoms with Gasteiger partial charge < -0.3 is 9.64 Å². The summed E-state index contributed by atoms with van der Waals surface area (Å²) in [7, 11) is 3.70. The second-order valence-electron chi connectivity index (χ2n) is 5.76. The van der Waals surface area contributed by atoms with Crippen LogP contribution in [-0.2, 0) is 9.53 Å². The van der Waals surface area contributed by atoms with Gasteiger partial charge in [0.15, 0.2) is 5.78 Å². The number of Topliss-reactive ketones (excluding diaryl/α,β-unsaturated/α-hetero) is 1. The highest BCUT2D eigenvalue weighted by Crippen LogP contribution is 2.23. The van der Waals surface area contributed by atoms with Crippen LogP contribution in [-0.4, -0.2) is 54.0 Å². The molecule has 102 valence electrons. The molecule has 0 saturated carbocycles. The van der Waals surface area contributed by atoms with E-state index in [0.717, 1.165) is 0 Å². The van der Waals surface area contributed by atoms with Gasteiger partial charge in [0.2, 0.25) is 0 Å². The Morgan fingerprint density at radius 1 is 1.44 bits per heavy atom. The topological polar surface area (TPSA) is 49.9 Å². The molecule has 5 nitrogen and oxygen atoms in total. The van der Waals surface area contributed by atoms with Crippen molar-refractivity contribution in [1.82, 2.24) is 9.80 Å². The second-order valence-corrected chi connectivity index (χ2v) is 5.76. The molecule has 1 rings (SSSR count). The zero-order chi connectivity index (χ0) is 14.1. The summed E-state index contributed by atoms with van der Waals surface area (Å²) in [5.41, 5.74) is 0.0966. The Bertz CT molecular complexity index is 380. The lowest BCUT2D eigenvalue weighted by molar-refractivity contribution is -0.114. The molecular weight excluding hydrogens is 232 g/mol. The van der Waals surface area contributed by atoms with Gasteiger partial charge in [-0.1, -0.05) is 0 Å². The molecule has 0 aliphatic carbocycles. The van der Waals surface area contributed by atoms with Gasteiger partial charge in [0.25, 0.3) is 0 Å². The number of carbonyl (C=O) groups excluding carboxylic acids is 2. The summed E-state index contributed by atoms with van der Waals surface area (Å²) in [6, 6.07) is -0.241. The summed E-state index contributed by atoms with van der Waals surface area (Å²) in [5, 5.41) is 0. The van der Waals surface area contributed by atoms with Gasteiger partial charge in [-0.3, -0.25) is 9.69 Å². The molecule has 1 aliphatic rings. The summed E-state index contributed by atoms with van der Waals surface area (Å²) in [6.45, 7) is 7.36. The first-order chi connectivity index (χ1) is 8.11. The molecule has 0 bridgehead atoms. The number of hydrogen-bond acceptors (Lipinski definition) is 4. The minimum atomic E-state index is -0.548. The van der Waals surface area contributed by atoms with Gasteiger partial charge in [0.1, 0.15) is 5.60 Å². The predicted molar refractivity (Wildman–Crippen MR) is 69.2 cm³/mol. The molecule has 0 N–H and O–H groups in total. The molecule has 0 spiro atoms. The fourth-order valence-electron chi connectivity index (χ4n) is 1.79. The van der Waals surface area contributed by atoms with Crippen molar-refractivity contribution in [2.75, 3.05) is 20.6 Å². The maximum Gasteiger partial charge on any atom is 0.411 e. The lowest BCUT2D eigenvalue weighted by Crippen LogP contribution is -2.39. The average molecular weight is 254 g/mol. The Morgan fingerprint density at radius 3 is 2.44 bits per heavy atom. The van der Waals surface area contributed by atoms with Crippen molar-refractivity contribution < 1.29 is 14.3 Å². The number of nitrogens with zero attached hydrogens (tertiary/aromatic N) is 2. The molecule has 1 atom stereocenters. The largest absolute Gasteiger partial charge is 0.444 e. The Balaban J connectivity index is 2.83. The van der Waals surface area contributed by atoms with Crippen molar-refractivity contribution in [1.29, 1.82) is 0 Å². The molecule has 0 radical (unpaired) electrons. The fraction of sp³-hybridized carbons (Fsp3) is 0.692. The van der Waals surface area contributed by atoms with Gasteiger partial charge >= 0.3 is 6.09 Å². The first kappa shape index (κ1) is 14.5. The normalized spacial score (nSPS) is 22.6. The lowest BCUT2D eigenvalue weighted by atomic mass is 10.1. The molecule has 1 amide bonds. The highest BCUT2D eigenvalue weighted by Gasteiger charge is 2.38. The number of likely N-dealkylation sites (tertiary alicyclic amines) is 1. The van der Waals surface area contributed by atoms with E-state index in [1.54, 1.807) is 6.20 Å². The van der Waals surface area contributed by atoms with E-state index in [1.165, 1.54) is 4.90 Å². The van der Waals surface area contributed by atoms with E-state index in [0.29, 0.717) is 5.57 Å². The van der Waals surface area contributed by atoms with E-state index in [2.05, 4.69) is 0 Å². The van der Waals surface area contributed by atoms with Crippen LogP contribution in [0.5, 0.6) is 0 Å². The van der Waals surface area contributed by atoms with Crippen LogP contribution >= 0.6 is 0 Å². The van der Waals surface area contributed by atoms with Gasteiger partial charge in [-0.05, 0) is 27.7 Å². The third-order valence-corrected chi connectivity index (χ3v) is 2.58. The van der Waals surface area contributed by atoms with E-state index >= 15 is 0 Å². The molecular formula is C13H22N2O3. The van der Waals surface area contributed by atoms with Gasteiger partial charge in [0.05, 0.1) is 12.6 Å². The van der Waals surface area contributed by atoms with Crippen molar-refractivity contribution >= 4 is 11.9 Å². The third kappa shape index (κ3) is 3.48. The number of amides is 1. The summed E-state index contributed by atoms with van der Waals surface area (Å²) in [5.74, 6) is -0.0259. The van der Waals surface area contributed by atoms with Crippen LogP contribution in [0.4, 0.5) is 4.79 Å². The Hall–Kier alpha value is -1.52. The van der Waals surface area contributed by atoms with Crippen LogP contribution in [0, 0.1) is 0 Å². The lowest BCUT2D eigenvalue weighted by Gasteiger charge is -2.26. The van der Waals surface area contributed by atoms with E-state index in [4.69, 9.17) is 4.74 Å². The molecule has 0 aromatic carbocycles. The van der Waals surface area contributed by atoms with Crippen molar-refractivity contribution in [3.8, 4) is 0 Å². The maximum atomic E-state index is 12.0. The minimum absolute atomic E-state index is 0.0259. The Kier molecular flexibility index (Phi) is 4.04. The van der Waals surface area contributed by atoms with E-state index in [9.17, 15) is 9.59 Å². The summed E-state index contributed by atoms with van der Waals surface area (Å²) < 4.78 is 5.29. The van der Waals surface area contributed by atoms with E-state index in [-0.39, 0.29) is 18.4 Å². The SMILES string of the molecule is CC1/C(=C\N(C)C)C(=O)CN1C(=O)OC(C)(C)C. The van der Waals surface area contributed by atoms with Crippen molar-refractivity contribution in [2.24, 2.45) is 0 Å². The molecule has 0 aromatic rings. The monoisotopic (exact) mass is 254 g/mol. The zero-order valence-electron chi connectivity index (χ0n) is 12.0. The number of ether oxygens (including phenoxy) is 1. The molecule has 5 heteroatoms. The van der Waals surface area contributed by atoms with E-state index in [1.807, 2.05) is 46.7 Å². The summed E-state index contributed by atoms with van der Waals surface area (Å²) in [4.78, 5) is 27.1. The van der Waals surface area contributed by atoms with E-state index < -0.39 is 11.7 Å². The third-order valence-electron chi connectivity index (χ3n) is 2.58. The molecule has 1 unspecified atom stereocenters. The number of hydrogen-bond donors (Lipinski definition) is 0. The maximum absolute atomic E-state index is 12.0. The van der Waals surface area contributed by atoms with Gasteiger partial charge in [-0.15, -0.1) is 0 Å². The molecule has 1 saturated heterocycles. The molecule has 1 fully saturated rings.